The molecule has 0 saturated carbocycles. The molecule has 21 atom stereocenters. The largest absolute Gasteiger partial charge is 0.489 e. The normalized spacial score (nSPS) is 40.5. The van der Waals surface area contributed by atoms with Crippen molar-refractivity contribution in [2.75, 3.05) is 61.2 Å². The van der Waals surface area contributed by atoms with Gasteiger partial charge in [0.05, 0.1) is 47.2 Å². The standard InChI is InChI=1S/C55H93FN6O14/c1-15-43-55(10,68)48(64)35(6)61(12)29-31(2)25-53(8,67)50(33(4)46(34(5)51(66)74-43)75-44-26-54(9,70-14)49(65)36(7)72-44)76-52-45(63)41(24-32(3)71-52)60(11)23-21-38-30-62(59-58-38)42(27-56)47(69-13)37-16-18-39(19-17-37)73-40-20-22-57-28-40/h16-19,30-36,40-50,52,57,63-65,67-68H,15,20-29H2,1-14H3/t31-,32-,33+,34-,35-,36+,40+,41+,42-,43-,44+,45-,46+,47-,48-,49+,50-,52+,53-,54-,55-/m1/s1. The number of alkyl halides is 1. The topological polar surface area (TPSA) is 241 Å². The number of hydrogen-bond donors (Lipinski definition) is 6. The lowest BCUT2D eigenvalue weighted by Crippen LogP contribution is -2.61. The second-order valence-electron chi connectivity index (χ2n) is 23.3. The van der Waals surface area contributed by atoms with Crippen LogP contribution in [0.25, 0.3) is 0 Å². The smallest absolute Gasteiger partial charge is 0.311 e. The van der Waals surface area contributed by atoms with Gasteiger partial charge in [-0.05, 0) is 118 Å². The Kier molecular flexibility index (Phi) is 21.7. The summed E-state index contributed by atoms with van der Waals surface area (Å²) in [4.78, 5) is 18.4. The van der Waals surface area contributed by atoms with Crippen molar-refractivity contribution < 1.29 is 72.6 Å². The molecule has 76 heavy (non-hydrogen) atoms. The number of aliphatic hydroxyl groups is 5. The number of carbonyl (C=O) groups is 1. The highest BCUT2D eigenvalue weighted by atomic mass is 19.1. The van der Waals surface area contributed by atoms with E-state index in [1.807, 2.05) is 62.0 Å². The molecule has 0 aliphatic carbocycles. The third-order valence-electron chi connectivity index (χ3n) is 17.0. The lowest BCUT2D eigenvalue weighted by atomic mass is 9.77. The number of ether oxygens (including phenoxy) is 8. The highest BCUT2D eigenvalue weighted by molar-refractivity contribution is 5.73. The third kappa shape index (κ3) is 14.5. The van der Waals surface area contributed by atoms with Crippen LogP contribution in [-0.2, 0) is 44.4 Å². The summed E-state index contributed by atoms with van der Waals surface area (Å²) in [7, 11) is 6.76. The Balaban J connectivity index is 1.24. The summed E-state index contributed by atoms with van der Waals surface area (Å²) in [6, 6.07) is 5.63. The first-order chi connectivity index (χ1) is 35.8. The van der Waals surface area contributed by atoms with Crippen LogP contribution in [0.2, 0.25) is 0 Å². The van der Waals surface area contributed by atoms with Crippen molar-refractivity contribution >= 4 is 5.97 Å². The predicted octanol–water partition coefficient (Wildman–Crippen LogP) is 3.74. The molecule has 21 heteroatoms. The van der Waals surface area contributed by atoms with Crippen LogP contribution in [0, 0.1) is 17.8 Å². The van der Waals surface area contributed by atoms with E-state index in [9.17, 15) is 34.7 Å². The van der Waals surface area contributed by atoms with E-state index in [1.54, 1.807) is 61.8 Å². The monoisotopic (exact) mass is 1080 g/mol. The van der Waals surface area contributed by atoms with E-state index in [2.05, 4.69) is 15.6 Å². The van der Waals surface area contributed by atoms with E-state index < -0.39 is 127 Å². The van der Waals surface area contributed by atoms with Crippen molar-refractivity contribution in [2.24, 2.45) is 17.8 Å². The van der Waals surface area contributed by atoms with E-state index in [4.69, 9.17) is 37.9 Å². The molecule has 0 bridgehead atoms. The first-order valence-corrected chi connectivity index (χ1v) is 27.5. The van der Waals surface area contributed by atoms with Crippen LogP contribution in [0.15, 0.2) is 30.5 Å². The number of carbonyl (C=O) groups excluding carboxylic acids is 1. The number of nitrogens with one attached hydrogen (secondary N) is 1. The van der Waals surface area contributed by atoms with Crippen molar-refractivity contribution in [3.05, 3.63) is 41.7 Å². The molecule has 2 aromatic rings. The van der Waals surface area contributed by atoms with Gasteiger partial charge in [-0.15, -0.1) is 5.10 Å². The first kappa shape index (κ1) is 62.2. The molecule has 0 radical (unpaired) electrons. The molecule has 1 aromatic carbocycles. The maximum absolute atomic E-state index is 14.9. The highest BCUT2D eigenvalue weighted by Gasteiger charge is 2.53. The summed E-state index contributed by atoms with van der Waals surface area (Å²) in [5, 5.41) is 71.9. The molecule has 4 aliphatic rings. The fourth-order valence-corrected chi connectivity index (χ4v) is 12.2. The SMILES string of the molecule is CC[C@H]1OC(=O)[C@H](C)[C@@H](O[C@H]2C[C@@](C)(OC)[C@@H](O)[C@H](C)O2)[C@H](C)[C@@H](O[C@@H]2O[C@H](C)C[C@H](N(C)CCc3cn([C@H](CF)[C@H](OC)c4ccc(O[C@H]5CCNC5)cc4)nn3)[C@H]2O)[C@](C)(O)C[C@@H](C)CN(C)[C@H](C)[C@@H](O)[C@]1(C)O. The summed E-state index contributed by atoms with van der Waals surface area (Å²) in [5.74, 6) is -2.14. The van der Waals surface area contributed by atoms with Crippen LogP contribution < -0.4 is 10.1 Å². The number of aromatic nitrogens is 3. The number of halogens is 1. The molecule has 4 aliphatic heterocycles. The van der Waals surface area contributed by atoms with Crippen molar-refractivity contribution in [2.45, 2.75) is 216 Å². The molecule has 0 amide bonds. The zero-order chi connectivity index (χ0) is 56.0. The van der Waals surface area contributed by atoms with E-state index in [0.29, 0.717) is 31.6 Å². The van der Waals surface area contributed by atoms with Crippen molar-refractivity contribution in [3.8, 4) is 5.75 Å². The van der Waals surface area contributed by atoms with Gasteiger partial charge in [-0.1, -0.05) is 38.1 Å². The minimum absolute atomic E-state index is 0.0847. The van der Waals surface area contributed by atoms with Gasteiger partial charge < -0.3 is 78.5 Å². The minimum atomic E-state index is -1.85. The fourth-order valence-electron chi connectivity index (χ4n) is 12.2. The Labute approximate surface area is 450 Å². The Morgan fingerprint density at radius 2 is 1.68 bits per heavy atom. The van der Waals surface area contributed by atoms with Gasteiger partial charge in [0, 0.05) is 70.9 Å². The van der Waals surface area contributed by atoms with E-state index >= 15 is 0 Å². The van der Waals surface area contributed by atoms with Crippen molar-refractivity contribution in [3.63, 3.8) is 0 Å². The van der Waals surface area contributed by atoms with E-state index in [-0.39, 0.29) is 31.3 Å². The van der Waals surface area contributed by atoms with Crippen LogP contribution in [0.4, 0.5) is 4.39 Å². The molecular formula is C55H93FN6O14. The van der Waals surface area contributed by atoms with Gasteiger partial charge in [-0.25, -0.2) is 9.07 Å². The molecule has 0 spiro atoms. The summed E-state index contributed by atoms with van der Waals surface area (Å²) in [6.45, 7) is 19.2. The Morgan fingerprint density at radius 1 is 0.987 bits per heavy atom. The molecule has 4 fully saturated rings. The van der Waals surface area contributed by atoms with Crippen LogP contribution in [0.1, 0.15) is 125 Å². The number of nitrogens with zero attached hydrogens (tertiary/aromatic N) is 5. The van der Waals surface area contributed by atoms with Crippen LogP contribution in [-0.4, -0.2) is 214 Å². The lowest BCUT2D eigenvalue weighted by molar-refractivity contribution is -0.318. The molecule has 6 N–H and O–H groups in total. The lowest BCUT2D eigenvalue weighted by Gasteiger charge is -2.49. The van der Waals surface area contributed by atoms with Crippen molar-refractivity contribution in [1.82, 2.24) is 30.1 Å². The molecule has 5 heterocycles. The highest BCUT2D eigenvalue weighted by Crippen LogP contribution is 2.41. The van der Waals surface area contributed by atoms with Crippen molar-refractivity contribution in [1.29, 1.82) is 0 Å². The minimum Gasteiger partial charge on any atom is -0.489 e. The zero-order valence-corrected chi connectivity index (χ0v) is 47.6. The summed E-state index contributed by atoms with van der Waals surface area (Å²) < 4.78 is 66.7. The number of cyclic esters (lactones) is 1. The van der Waals surface area contributed by atoms with Crippen LogP contribution in [0.5, 0.6) is 5.75 Å². The van der Waals surface area contributed by atoms with Gasteiger partial charge in [0.2, 0.25) is 0 Å². The zero-order valence-electron chi connectivity index (χ0n) is 47.6. The van der Waals surface area contributed by atoms with Gasteiger partial charge in [0.1, 0.15) is 60.7 Å². The summed E-state index contributed by atoms with van der Waals surface area (Å²) in [5.41, 5.74) is -3.21. The average Bonchev–Trinajstić information content (AvgIpc) is 4.09. The molecule has 434 valence electrons. The second-order valence-corrected chi connectivity index (χ2v) is 23.3. The Hall–Kier alpha value is -3.00. The van der Waals surface area contributed by atoms with Gasteiger partial charge in [0.15, 0.2) is 12.6 Å². The predicted molar refractivity (Wildman–Crippen MR) is 280 cm³/mol. The van der Waals surface area contributed by atoms with Gasteiger partial charge in [-0.2, -0.15) is 0 Å². The number of aliphatic hydroxyl groups excluding tert-OH is 3. The number of esters is 1. The van der Waals surface area contributed by atoms with Gasteiger partial charge in [-0.3, -0.25) is 4.79 Å². The van der Waals surface area contributed by atoms with Crippen LogP contribution in [0.3, 0.4) is 0 Å². The Bertz CT molecular complexity index is 2100. The number of likely N-dealkylation sites (N-methyl/N-ethyl adjacent to an activating group) is 2. The average molecular weight is 1080 g/mol. The summed E-state index contributed by atoms with van der Waals surface area (Å²) in [6.07, 6.45) is -6.93. The second kappa shape index (κ2) is 26.5. The third-order valence-corrected chi connectivity index (χ3v) is 17.0. The van der Waals surface area contributed by atoms with Gasteiger partial charge in [0.25, 0.3) is 0 Å². The molecule has 20 nitrogen and oxygen atoms in total. The molecule has 1 aromatic heterocycles. The maximum atomic E-state index is 14.9. The Morgan fingerprint density at radius 3 is 2.30 bits per heavy atom. The van der Waals surface area contributed by atoms with Crippen LogP contribution >= 0.6 is 0 Å². The molecular weight excluding hydrogens is 988 g/mol. The number of methoxy groups -OCH3 is 2. The number of rotatable bonds is 17. The molecule has 4 saturated heterocycles. The van der Waals surface area contributed by atoms with E-state index in [0.717, 1.165) is 30.8 Å². The fraction of sp³-hybridized carbons (Fsp3) is 0.836. The quantitative estimate of drug-likeness (QED) is 0.124. The first-order valence-electron chi connectivity index (χ1n) is 27.5. The van der Waals surface area contributed by atoms with E-state index in [1.165, 1.54) is 18.7 Å². The molecule has 6 rings (SSSR count). The number of hydrogen-bond acceptors (Lipinski definition) is 19. The summed E-state index contributed by atoms with van der Waals surface area (Å²) >= 11 is 0. The molecule has 0 unspecified atom stereocenters. The van der Waals surface area contributed by atoms with Gasteiger partial charge >= 0.3 is 5.97 Å². The maximum Gasteiger partial charge on any atom is 0.311 e. The number of benzene rings is 1.